The fourth-order valence-electron chi connectivity index (χ4n) is 5.05. The molecule has 5 nitrogen and oxygen atoms in total. The zero-order valence-electron chi connectivity index (χ0n) is 22.0. The van der Waals surface area contributed by atoms with Crippen molar-refractivity contribution in [3.63, 3.8) is 0 Å². The highest BCUT2D eigenvalue weighted by molar-refractivity contribution is 8.14. The maximum Gasteiger partial charge on any atom is 0.190 e. The molecule has 38 heavy (non-hydrogen) atoms. The molecular formula is C32H31N5S. The van der Waals surface area contributed by atoms with Gasteiger partial charge in [0.05, 0.1) is 17.2 Å². The Morgan fingerprint density at radius 1 is 0.974 bits per heavy atom. The normalized spacial score (nSPS) is 15.5. The van der Waals surface area contributed by atoms with E-state index in [4.69, 9.17) is 4.98 Å². The first-order valence-electron chi connectivity index (χ1n) is 13.2. The number of hydrogen-bond donors (Lipinski definition) is 0. The number of aryl methyl sites for hydroxylation is 1. The van der Waals surface area contributed by atoms with Crippen LogP contribution < -0.4 is 4.90 Å². The number of thioether (sulfide) groups is 1. The van der Waals surface area contributed by atoms with E-state index < -0.39 is 0 Å². The second kappa shape index (κ2) is 10.5. The van der Waals surface area contributed by atoms with Crippen LogP contribution in [0.5, 0.6) is 0 Å². The smallest absolute Gasteiger partial charge is 0.190 e. The van der Waals surface area contributed by atoms with E-state index in [1.165, 1.54) is 16.8 Å². The third-order valence-corrected chi connectivity index (χ3v) is 8.11. The summed E-state index contributed by atoms with van der Waals surface area (Å²) in [5.41, 5.74) is 8.08. The molecule has 4 aromatic carbocycles. The Morgan fingerprint density at radius 2 is 1.82 bits per heavy atom. The number of aromatic nitrogens is 2. The fraction of sp³-hybridized carbons (Fsp3) is 0.219. The molecule has 0 spiro atoms. The number of hydrogen-bond acceptors (Lipinski definition) is 4. The van der Waals surface area contributed by atoms with Gasteiger partial charge >= 0.3 is 0 Å². The van der Waals surface area contributed by atoms with Gasteiger partial charge in [-0.2, -0.15) is 5.10 Å². The number of rotatable bonds is 5. The molecule has 1 aromatic heterocycles. The number of imidazole rings is 1. The summed E-state index contributed by atoms with van der Waals surface area (Å²) in [7, 11) is 0. The van der Waals surface area contributed by atoms with E-state index in [0.717, 1.165) is 56.9 Å². The molecule has 1 aliphatic rings. The average molecular weight is 518 g/mol. The number of anilines is 1. The van der Waals surface area contributed by atoms with E-state index >= 15 is 0 Å². The lowest BCUT2D eigenvalue weighted by Gasteiger charge is -2.31. The van der Waals surface area contributed by atoms with Crippen LogP contribution in [0.4, 0.5) is 5.69 Å². The van der Waals surface area contributed by atoms with Gasteiger partial charge in [-0.15, -0.1) is 5.10 Å². The van der Waals surface area contributed by atoms with Crippen LogP contribution in [0.15, 0.2) is 95.4 Å². The minimum Gasteiger partial charge on any atom is -0.319 e. The van der Waals surface area contributed by atoms with Crippen molar-refractivity contribution in [3.8, 4) is 5.69 Å². The fourth-order valence-corrected chi connectivity index (χ4v) is 5.96. The zero-order valence-corrected chi connectivity index (χ0v) is 22.8. The molecule has 2 heterocycles. The summed E-state index contributed by atoms with van der Waals surface area (Å²) in [5.74, 6) is 1.52. The van der Waals surface area contributed by atoms with Crippen LogP contribution in [0.25, 0.3) is 27.5 Å². The molecule has 1 saturated heterocycles. The van der Waals surface area contributed by atoms with Gasteiger partial charge in [-0.1, -0.05) is 79.7 Å². The van der Waals surface area contributed by atoms with Gasteiger partial charge < -0.3 is 4.90 Å². The number of para-hydroxylation sites is 1. The molecule has 1 aliphatic heterocycles. The van der Waals surface area contributed by atoms with Gasteiger partial charge in [-0.25, -0.2) is 4.98 Å². The van der Waals surface area contributed by atoms with Crippen molar-refractivity contribution in [1.29, 1.82) is 0 Å². The number of fused-ring (bicyclic) bond motifs is 3. The minimum absolute atomic E-state index is 0.454. The summed E-state index contributed by atoms with van der Waals surface area (Å²) in [6.45, 7) is 7.55. The first-order valence-corrected chi connectivity index (χ1v) is 14.1. The summed E-state index contributed by atoms with van der Waals surface area (Å²) in [4.78, 5) is 7.08. The van der Waals surface area contributed by atoms with Crippen molar-refractivity contribution in [3.05, 3.63) is 102 Å². The highest BCUT2D eigenvalue weighted by atomic mass is 32.2. The second-order valence-corrected chi connectivity index (χ2v) is 11.1. The molecule has 0 amide bonds. The van der Waals surface area contributed by atoms with Crippen molar-refractivity contribution in [2.45, 2.75) is 33.1 Å². The molecule has 5 aromatic rings. The number of nitrogens with zero attached hydrogens (tertiary/aromatic N) is 5. The lowest BCUT2D eigenvalue weighted by molar-refractivity contribution is 0.842. The lowest BCUT2D eigenvalue weighted by atomic mass is 10.0. The molecule has 190 valence electrons. The second-order valence-electron chi connectivity index (χ2n) is 10.1. The lowest BCUT2D eigenvalue weighted by Crippen LogP contribution is -2.34. The topological polar surface area (TPSA) is 45.8 Å². The highest BCUT2D eigenvalue weighted by Crippen LogP contribution is 2.32. The third-order valence-electron chi connectivity index (χ3n) is 7.06. The molecule has 1 fully saturated rings. The Kier molecular flexibility index (Phi) is 6.73. The predicted octanol–water partition coefficient (Wildman–Crippen LogP) is 7.94. The Bertz CT molecular complexity index is 1660. The standard InChI is InChI=1S/C32H31N5S/c1-22(2)27-7-4-5-8-29(27)36-17-6-18-38-32(36)35-34-20-24-11-15-28-25(19-24)12-16-30-31(28)33-21-37(30)26-13-9-23(3)10-14-26/h4-5,7-16,19-22H,6,17-18H2,1-3H3/b34-20+,35-32-. The molecule has 0 bridgehead atoms. The van der Waals surface area contributed by atoms with E-state index in [0.29, 0.717) is 5.92 Å². The summed E-state index contributed by atoms with van der Waals surface area (Å²) >= 11 is 1.78. The van der Waals surface area contributed by atoms with Crippen molar-refractivity contribution >= 4 is 50.6 Å². The van der Waals surface area contributed by atoms with Crippen LogP contribution in [-0.2, 0) is 0 Å². The van der Waals surface area contributed by atoms with Gasteiger partial charge in [-0.05, 0) is 66.1 Å². The minimum atomic E-state index is 0.454. The van der Waals surface area contributed by atoms with E-state index in [2.05, 4.69) is 119 Å². The van der Waals surface area contributed by atoms with Gasteiger partial charge in [0.2, 0.25) is 0 Å². The monoisotopic (exact) mass is 517 g/mol. The Morgan fingerprint density at radius 3 is 2.66 bits per heavy atom. The van der Waals surface area contributed by atoms with E-state index in [9.17, 15) is 0 Å². The molecule has 0 aliphatic carbocycles. The summed E-state index contributed by atoms with van der Waals surface area (Å²) in [6, 6.07) is 27.9. The molecule has 0 N–H and O–H groups in total. The summed E-state index contributed by atoms with van der Waals surface area (Å²) in [6.07, 6.45) is 4.90. The quantitative estimate of drug-likeness (QED) is 0.176. The van der Waals surface area contributed by atoms with E-state index in [1.54, 1.807) is 11.8 Å². The molecule has 6 rings (SSSR count). The average Bonchev–Trinajstić information content (AvgIpc) is 3.38. The van der Waals surface area contributed by atoms with Crippen LogP contribution >= 0.6 is 11.8 Å². The van der Waals surface area contributed by atoms with Crippen LogP contribution in [0.3, 0.4) is 0 Å². The van der Waals surface area contributed by atoms with E-state index in [-0.39, 0.29) is 0 Å². The highest BCUT2D eigenvalue weighted by Gasteiger charge is 2.22. The molecular weight excluding hydrogens is 486 g/mol. The Hall–Kier alpha value is -3.90. The molecule has 6 heteroatoms. The molecule has 0 saturated carbocycles. The largest absolute Gasteiger partial charge is 0.319 e. The zero-order chi connectivity index (χ0) is 26.1. The van der Waals surface area contributed by atoms with E-state index in [1.807, 2.05) is 12.5 Å². The van der Waals surface area contributed by atoms with Gasteiger partial charge in [0.1, 0.15) is 6.33 Å². The van der Waals surface area contributed by atoms with Gasteiger partial charge in [-0.3, -0.25) is 4.57 Å². The maximum atomic E-state index is 4.75. The third kappa shape index (κ3) is 4.72. The van der Waals surface area contributed by atoms with Crippen LogP contribution in [0, 0.1) is 6.92 Å². The van der Waals surface area contributed by atoms with Gasteiger partial charge in [0.15, 0.2) is 5.17 Å². The van der Waals surface area contributed by atoms with Gasteiger partial charge in [0, 0.05) is 29.1 Å². The van der Waals surface area contributed by atoms with Crippen molar-refractivity contribution in [2.24, 2.45) is 10.2 Å². The van der Waals surface area contributed by atoms with Gasteiger partial charge in [0.25, 0.3) is 0 Å². The van der Waals surface area contributed by atoms with Crippen LogP contribution in [-0.4, -0.2) is 33.2 Å². The number of amidine groups is 1. The Balaban J connectivity index is 1.28. The van der Waals surface area contributed by atoms with Crippen molar-refractivity contribution < 1.29 is 0 Å². The molecule has 0 unspecified atom stereocenters. The summed E-state index contributed by atoms with van der Waals surface area (Å²) in [5, 5.41) is 12.4. The predicted molar refractivity (Wildman–Crippen MR) is 163 cm³/mol. The SMILES string of the molecule is Cc1ccc(-n2cnc3c4ccc(/C=N/N=C5\SCCCN5c5ccccc5C(C)C)cc4ccc32)cc1. The first-order chi connectivity index (χ1) is 18.6. The van der Waals surface area contributed by atoms with Crippen LogP contribution in [0.2, 0.25) is 0 Å². The van der Waals surface area contributed by atoms with Crippen molar-refractivity contribution in [2.75, 3.05) is 17.2 Å². The molecule has 0 atom stereocenters. The molecule has 0 radical (unpaired) electrons. The first kappa shape index (κ1) is 24.4. The summed E-state index contributed by atoms with van der Waals surface area (Å²) < 4.78 is 2.14. The van der Waals surface area contributed by atoms with Crippen molar-refractivity contribution in [1.82, 2.24) is 9.55 Å². The Labute approximate surface area is 227 Å². The van der Waals surface area contributed by atoms with Crippen LogP contribution in [0.1, 0.15) is 42.9 Å². The maximum absolute atomic E-state index is 4.75. The number of benzene rings is 4.